The molecular formula is C56H81N7O10. The normalized spacial score (nSPS) is 20.8. The molecule has 0 aliphatic carbocycles. The van der Waals surface area contributed by atoms with E-state index in [9.17, 15) is 38.7 Å². The zero-order valence-corrected chi connectivity index (χ0v) is 44.5. The number of rotatable bonds is 24. The van der Waals surface area contributed by atoms with Gasteiger partial charge in [0.05, 0.1) is 12.5 Å². The van der Waals surface area contributed by atoms with E-state index in [-0.39, 0.29) is 48.3 Å². The summed E-state index contributed by atoms with van der Waals surface area (Å²) in [5, 5.41) is 22.3. The minimum Gasteiger partial charge on any atom is -0.457 e. The second-order valence-electron chi connectivity index (χ2n) is 20.0. The first-order chi connectivity index (χ1) is 34.8. The number of imide groups is 1. The fourth-order valence-electron chi connectivity index (χ4n) is 8.59. The molecule has 2 aliphatic heterocycles. The van der Waals surface area contributed by atoms with Gasteiger partial charge in [0.1, 0.15) is 24.3 Å². The summed E-state index contributed by atoms with van der Waals surface area (Å²) in [6.45, 7) is 12.9. The SMILES string of the molecule is CNCCN(CCCCc1ccc(NC(=O)[C@H](C)NC(=O)[C@@H](NC(=O)CCCCCN2C(=O)C=CC2=O)C(C)C)cc1)C(=O)O[C@H]1/C=C/[C@H](C)[C@@H](/C(C)=C/c2cccc(N(C)C)c2)OC(=O)C[C@H](O)CC[C@@H]1C. The van der Waals surface area contributed by atoms with E-state index in [0.717, 1.165) is 35.2 Å². The van der Waals surface area contributed by atoms with Gasteiger partial charge in [0.15, 0.2) is 0 Å². The summed E-state index contributed by atoms with van der Waals surface area (Å²) in [6.07, 6.45) is 10.7. The zero-order chi connectivity index (χ0) is 53.6. The van der Waals surface area contributed by atoms with Crippen LogP contribution in [0.5, 0.6) is 0 Å². The molecule has 0 spiro atoms. The molecular weight excluding hydrogens is 931 g/mol. The molecule has 0 saturated heterocycles. The van der Waals surface area contributed by atoms with Crippen LogP contribution in [0, 0.1) is 17.8 Å². The number of cyclic esters (lactones) is 1. The summed E-state index contributed by atoms with van der Waals surface area (Å²) in [6, 6.07) is 13.8. The van der Waals surface area contributed by atoms with Crippen molar-refractivity contribution in [2.24, 2.45) is 17.8 Å². The first kappa shape index (κ1) is 59.2. The van der Waals surface area contributed by atoms with Crippen LogP contribution in [0.25, 0.3) is 6.08 Å². The number of carbonyl (C=O) groups excluding carboxylic acids is 7. The third kappa shape index (κ3) is 19.9. The summed E-state index contributed by atoms with van der Waals surface area (Å²) in [7, 11) is 5.79. The zero-order valence-electron chi connectivity index (χ0n) is 44.5. The minimum atomic E-state index is -0.896. The van der Waals surface area contributed by atoms with Crippen LogP contribution >= 0.6 is 0 Å². The lowest BCUT2D eigenvalue weighted by Gasteiger charge is -2.29. The van der Waals surface area contributed by atoms with Crippen LogP contribution in [-0.2, 0) is 44.7 Å². The van der Waals surface area contributed by atoms with E-state index in [1.54, 1.807) is 24.0 Å². The summed E-state index contributed by atoms with van der Waals surface area (Å²) < 4.78 is 12.3. The smallest absolute Gasteiger partial charge is 0.410 e. The molecule has 0 bridgehead atoms. The second-order valence-corrected chi connectivity index (χ2v) is 20.0. The van der Waals surface area contributed by atoms with Crippen molar-refractivity contribution in [3.05, 3.63) is 89.5 Å². The average molecular weight is 1010 g/mol. The van der Waals surface area contributed by atoms with Crippen LogP contribution < -0.4 is 26.2 Å². The highest BCUT2D eigenvalue weighted by Gasteiger charge is 2.30. The maximum absolute atomic E-state index is 13.9. The summed E-state index contributed by atoms with van der Waals surface area (Å²) in [5.74, 6) is -2.96. The highest BCUT2D eigenvalue weighted by molar-refractivity contribution is 6.12. The van der Waals surface area contributed by atoms with E-state index >= 15 is 0 Å². The predicted molar refractivity (Wildman–Crippen MR) is 284 cm³/mol. The number of amides is 6. The average Bonchev–Trinajstić information content (AvgIpc) is 3.67. The quantitative estimate of drug-likeness (QED) is 0.0327. The Hall–Kier alpha value is -6.33. The van der Waals surface area contributed by atoms with Crippen LogP contribution in [0.1, 0.15) is 110 Å². The van der Waals surface area contributed by atoms with E-state index in [0.29, 0.717) is 70.4 Å². The number of nitrogens with one attached hydrogen (secondary N) is 4. The molecule has 0 aromatic heterocycles. The molecule has 6 amide bonds. The number of unbranched alkanes of at least 4 members (excludes halogenated alkanes) is 3. The van der Waals surface area contributed by atoms with Gasteiger partial charge in [0.2, 0.25) is 17.7 Å². The Labute approximate surface area is 432 Å². The molecule has 400 valence electrons. The molecule has 2 aliphatic rings. The monoisotopic (exact) mass is 1010 g/mol. The fourth-order valence-corrected chi connectivity index (χ4v) is 8.59. The molecule has 0 fully saturated rings. The number of aryl methyl sites for hydroxylation is 1. The predicted octanol–water partition coefficient (Wildman–Crippen LogP) is 6.56. The van der Waals surface area contributed by atoms with E-state index in [4.69, 9.17) is 9.47 Å². The van der Waals surface area contributed by atoms with Crippen LogP contribution in [0.3, 0.4) is 0 Å². The largest absolute Gasteiger partial charge is 0.457 e. The standard InChI is InChI=1S/C56H81N7O10/c1-37(2)52(60-48(65)19-11-10-13-32-63-49(66)28-29-50(63)67)55(70)58-41(6)54(69)59-44-24-22-42(23-25-44)16-12-14-31-62(33-30-57-7)56(71)72-47-27-21-39(4)53(73-51(68)36-46(64)26-20-38(47)3)40(5)34-43-17-15-18-45(35-43)61(8)9/h15,17-18,21-25,27-29,34-35,37-39,41,46-47,52-53,57,64H,10-14,16,19-20,26,30-33,36H2,1-9H3,(H,58,70)(H,59,69)(H,60,65)/b27-21+,40-34+/t38-,39-,41-,46+,47-,52-,53-/m0/s1. The number of ether oxygens (including phenoxy) is 2. The van der Waals surface area contributed by atoms with E-state index < -0.39 is 54.3 Å². The van der Waals surface area contributed by atoms with Gasteiger partial charge >= 0.3 is 12.1 Å². The van der Waals surface area contributed by atoms with Gasteiger partial charge in [-0.1, -0.05) is 70.5 Å². The Bertz CT molecular complexity index is 2240. The van der Waals surface area contributed by atoms with Crippen molar-refractivity contribution in [3.8, 4) is 0 Å². The van der Waals surface area contributed by atoms with Gasteiger partial charge in [-0.2, -0.15) is 0 Å². The van der Waals surface area contributed by atoms with Crippen molar-refractivity contribution in [1.82, 2.24) is 25.8 Å². The van der Waals surface area contributed by atoms with Gasteiger partial charge in [-0.25, -0.2) is 4.79 Å². The Morgan fingerprint density at radius 1 is 0.877 bits per heavy atom. The van der Waals surface area contributed by atoms with Crippen molar-refractivity contribution >= 4 is 59.0 Å². The van der Waals surface area contributed by atoms with E-state index in [2.05, 4.69) is 27.3 Å². The molecule has 17 nitrogen and oxygen atoms in total. The number of hydrogen-bond acceptors (Lipinski definition) is 12. The number of esters is 1. The first-order valence-corrected chi connectivity index (χ1v) is 25.9. The molecule has 7 atom stereocenters. The number of aliphatic hydroxyl groups excluding tert-OH is 1. The number of aliphatic hydroxyl groups is 1. The highest BCUT2D eigenvalue weighted by atomic mass is 16.6. The van der Waals surface area contributed by atoms with Gasteiger partial charge in [-0.3, -0.25) is 33.7 Å². The van der Waals surface area contributed by atoms with E-state index in [1.165, 1.54) is 17.1 Å². The van der Waals surface area contributed by atoms with Gasteiger partial charge < -0.3 is 45.6 Å². The molecule has 2 heterocycles. The van der Waals surface area contributed by atoms with Crippen molar-refractivity contribution in [2.45, 2.75) is 136 Å². The minimum absolute atomic E-state index is 0.128. The maximum Gasteiger partial charge on any atom is 0.410 e. The van der Waals surface area contributed by atoms with Gasteiger partial charge in [0.25, 0.3) is 11.8 Å². The number of benzene rings is 2. The Balaban J connectivity index is 1.27. The van der Waals surface area contributed by atoms with Crippen molar-refractivity contribution in [3.63, 3.8) is 0 Å². The summed E-state index contributed by atoms with van der Waals surface area (Å²) in [5.41, 5.74) is 4.47. The van der Waals surface area contributed by atoms with Crippen LogP contribution in [-0.4, -0.2) is 134 Å². The highest BCUT2D eigenvalue weighted by Crippen LogP contribution is 2.27. The number of likely N-dealkylation sites (N-methyl/N-ethyl adjacent to an activating group) is 1. The van der Waals surface area contributed by atoms with Gasteiger partial charge in [-0.05, 0) is 125 Å². The molecule has 5 N–H and O–H groups in total. The van der Waals surface area contributed by atoms with Crippen molar-refractivity contribution in [1.29, 1.82) is 0 Å². The lowest BCUT2D eigenvalue weighted by atomic mass is 9.91. The molecule has 2 aromatic carbocycles. The van der Waals surface area contributed by atoms with E-state index in [1.807, 2.05) is 109 Å². The van der Waals surface area contributed by atoms with Crippen LogP contribution in [0.2, 0.25) is 0 Å². The molecule has 0 unspecified atom stereocenters. The number of hydrogen-bond donors (Lipinski definition) is 5. The Morgan fingerprint density at radius 3 is 2.26 bits per heavy atom. The summed E-state index contributed by atoms with van der Waals surface area (Å²) in [4.78, 5) is 94.4. The van der Waals surface area contributed by atoms with Gasteiger partial charge in [-0.15, -0.1) is 0 Å². The first-order valence-electron chi connectivity index (χ1n) is 25.9. The summed E-state index contributed by atoms with van der Waals surface area (Å²) >= 11 is 0. The molecule has 2 aromatic rings. The molecule has 73 heavy (non-hydrogen) atoms. The number of nitrogens with zero attached hydrogens (tertiary/aromatic N) is 3. The lowest BCUT2D eigenvalue weighted by molar-refractivity contribution is -0.151. The third-order valence-corrected chi connectivity index (χ3v) is 13.2. The van der Waals surface area contributed by atoms with Crippen molar-refractivity contribution < 1.29 is 48.1 Å². The molecule has 0 saturated carbocycles. The van der Waals surface area contributed by atoms with Crippen molar-refractivity contribution in [2.75, 3.05) is 57.5 Å². The maximum atomic E-state index is 13.9. The molecule has 4 rings (SSSR count). The lowest BCUT2D eigenvalue weighted by Crippen LogP contribution is -2.53. The number of carbonyl (C=O) groups is 7. The Kier molecular flexibility index (Phi) is 24.3. The van der Waals surface area contributed by atoms with Crippen LogP contribution in [0.15, 0.2) is 78.4 Å². The Morgan fingerprint density at radius 2 is 1.59 bits per heavy atom. The molecule has 17 heteroatoms. The van der Waals surface area contributed by atoms with Crippen LogP contribution in [0.4, 0.5) is 16.2 Å². The second kappa shape index (κ2) is 30.0. The number of anilines is 2. The van der Waals surface area contributed by atoms with Gasteiger partial charge in [0, 0.05) is 76.1 Å². The topological polar surface area (TPSA) is 216 Å². The fraction of sp³-hybridized carbons (Fsp3) is 0.554. The molecule has 0 radical (unpaired) electrons. The third-order valence-electron chi connectivity index (χ3n) is 13.2.